The van der Waals surface area contributed by atoms with Gasteiger partial charge in [0.2, 0.25) is 5.91 Å². The number of halogens is 1. The minimum atomic E-state index is -0.193. The third kappa shape index (κ3) is 4.35. The van der Waals surface area contributed by atoms with E-state index in [1.165, 1.54) is 21.8 Å². The van der Waals surface area contributed by atoms with Crippen molar-refractivity contribution >= 4 is 44.8 Å². The van der Waals surface area contributed by atoms with Crippen LogP contribution < -0.4 is 5.32 Å². The van der Waals surface area contributed by atoms with Crippen molar-refractivity contribution in [2.24, 2.45) is 5.92 Å². The monoisotopic (exact) mass is 434 g/mol. The number of rotatable bonds is 4. The fourth-order valence-corrected chi connectivity index (χ4v) is 4.92. The summed E-state index contributed by atoms with van der Waals surface area (Å²) in [6, 6.07) is 7.70. The summed E-state index contributed by atoms with van der Waals surface area (Å²) in [6.45, 7) is 4.22. The molecule has 138 valence electrons. The van der Waals surface area contributed by atoms with Gasteiger partial charge in [0.1, 0.15) is 0 Å². The molecular weight excluding hydrogens is 412 g/mol. The highest BCUT2D eigenvalue weighted by Gasteiger charge is 2.23. The number of amides is 2. The van der Waals surface area contributed by atoms with Crippen LogP contribution in [-0.2, 0) is 17.6 Å². The van der Waals surface area contributed by atoms with E-state index in [0.717, 1.165) is 33.4 Å². The van der Waals surface area contributed by atoms with Gasteiger partial charge in [-0.15, -0.1) is 11.3 Å². The third-order valence-electron chi connectivity index (χ3n) is 4.73. The van der Waals surface area contributed by atoms with E-state index in [1.807, 2.05) is 31.2 Å². The van der Waals surface area contributed by atoms with Gasteiger partial charge in [0, 0.05) is 22.1 Å². The molecule has 0 saturated heterocycles. The number of carbonyl (C=O) groups is 2. The van der Waals surface area contributed by atoms with Crippen molar-refractivity contribution in [2.45, 2.75) is 33.1 Å². The molecule has 0 spiro atoms. The predicted molar refractivity (Wildman–Crippen MR) is 110 cm³/mol. The van der Waals surface area contributed by atoms with Gasteiger partial charge in [-0.1, -0.05) is 22.9 Å². The molecule has 0 radical (unpaired) electrons. The Kier molecular flexibility index (Phi) is 5.82. The first-order chi connectivity index (χ1) is 12.3. The molecule has 1 unspecified atom stereocenters. The summed E-state index contributed by atoms with van der Waals surface area (Å²) in [7, 11) is 1.68. The maximum Gasteiger partial charge on any atom is 0.264 e. The molecular formula is C20H23BrN2O2S. The number of aryl methyl sites for hydroxylation is 2. The topological polar surface area (TPSA) is 49.4 Å². The Morgan fingerprint density at radius 1 is 1.35 bits per heavy atom. The lowest BCUT2D eigenvalue weighted by atomic mass is 9.90. The number of carbonyl (C=O) groups excluding carboxylic acids is 2. The summed E-state index contributed by atoms with van der Waals surface area (Å²) in [5.74, 6) is 0.402. The predicted octanol–water partition coefficient (Wildman–Crippen LogP) is 4.65. The quantitative estimate of drug-likeness (QED) is 0.760. The Morgan fingerprint density at radius 2 is 2.12 bits per heavy atom. The molecule has 6 heteroatoms. The van der Waals surface area contributed by atoms with Gasteiger partial charge in [0.15, 0.2) is 0 Å². The number of nitrogens with one attached hydrogen (secondary N) is 1. The lowest BCUT2D eigenvalue weighted by molar-refractivity contribution is -0.116. The Bertz CT molecular complexity index is 846. The minimum absolute atomic E-state index is 0.0350. The highest BCUT2D eigenvalue weighted by Crippen LogP contribution is 2.32. The second-order valence-electron chi connectivity index (χ2n) is 7.08. The van der Waals surface area contributed by atoms with E-state index in [0.29, 0.717) is 5.92 Å². The fraction of sp³-hybridized carbons (Fsp3) is 0.400. The van der Waals surface area contributed by atoms with Crippen molar-refractivity contribution in [3.05, 3.63) is 49.6 Å². The maximum atomic E-state index is 12.7. The standard InChI is InChI=1S/C20H23BrN2O2S/c1-12-4-7-17-14(8-12)10-18(26-17)20(25)23(3)11-19(24)22-16-6-5-15(21)9-13(16)2/h5-6,9-10,12H,4,7-8,11H2,1-3H3,(H,22,24). The number of hydrogen-bond acceptors (Lipinski definition) is 3. The number of fused-ring (bicyclic) bond motifs is 1. The highest BCUT2D eigenvalue weighted by atomic mass is 79.9. The van der Waals surface area contributed by atoms with E-state index >= 15 is 0 Å². The van der Waals surface area contributed by atoms with Crippen molar-refractivity contribution in [1.29, 1.82) is 0 Å². The van der Waals surface area contributed by atoms with Crippen molar-refractivity contribution < 1.29 is 9.59 Å². The summed E-state index contributed by atoms with van der Waals surface area (Å²) in [5, 5.41) is 2.88. The molecule has 1 heterocycles. The maximum absolute atomic E-state index is 12.7. The van der Waals surface area contributed by atoms with Gasteiger partial charge in [-0.2, -0.15) is 0 Å². The molecule has 1 atom stereocenters. The Balaban J connectivity index is 1.63. The van der Waals surface area contributed by atoms with Gasteiger partial charge in [0.05, 0.1) is 11.4 Å². The molecule has 1 aromatic heterocycles. The van der Waals surface area contributed by atoms with Crippen LogP contribution in [0.3, 0.4) is 0 Å². The zero-order valence-corrected chi connectivity index (χ0v) is 17.7. The second-order valence-corrected chi connectivity index (χ2v) is 9.13. The Labute approximate surface area is 166 Å². The van der Waals surface area contributed by atoms with E-state index in [1.54, 1.807) is 18.4 Å². The van der Waals surface area contributed by atoms with Gasteiger partial charge < -0.3 is 10.2 Å². The van der Waals surface area contributed by atoms with Crippen molar-refractivity contribution in [1.82, 2.24) is 4.90 Å². The van der Waals surface area contributed by atoms with E-state index in [-0.39, 0.29) is 18.4 Å². The van der Waals surface area contributed by atoms with E-state index in [9.17, 15) is 9.59 Å². The van der Waals surface area contributed by atoms with Crippen molar-refractivity contribution in [3.8, 4) is 0 Å². The summed E-state index contributed by atoms with van der Waals surface area (Å²) in [5.41, 5.74) is 3.04. The summed E-state index contributed by atoms with van der Waals surface area (Å²) in [6.07, 6.45) is 3.29. The summed E-state index contributed by atoms with van der Waals surface area (Å²) < 4.78 is 0.969. The number of likely N-dealkylation sites (N-methyl/N-ethyl adjacent to an activating group) is 1. The molecule has 1 aliphatic carbocycles. The largest absolute Gasteiger partial charge is 0.332 e. The molecule has 1 aliphatic rings. The Hall–Kier alpha value is -1.66. The zero-order chi connectivity index (χ0) is 18.8. The molecule has 0 aliphatic heterocycles. The zero-order valence-electron chi connectivity index (χ0n) is 15.3. The van der Waals surface area contributed by atoms with E-state index in [2.05, 4.69) is 28.2 Å². The third-order valence-corrected chi connectivity index (χ3v) is 6.45. The van der Waals surface area contributed by atoms with Crippen LogP contribution in [0.15, 0.2) is 28.7 Å². The van der Waals surface area contributed by atoms with Crippen molar-refractivity contribution in [2.75, 3.05) is 18.9 Å². The molecule has 0 fully saturated rings. The second kappa shape index (κ2) is 7.92. The van der Waals surface area contributed by atoms with Crippen LogP contribution in [-0.4, -0.2) is 30.3 Å². The SMILES string of the molecule is Cc1cc(Br)ccc1NC(=O)CN(C)C(=O)c1cc2c(s1)CCC(C)C2. The minimum Gasteiger partial charge on any atom is -0.332 e. The number of anilines is 1. The number of hydrogen-bond donors (Lipinski definition) is 1. The molecule has 3 rings (SSSR count). The lowest BCUT2D eigenvalue weighted by Gasteiger charge is -2.16. The van der Waals surface area contributed by atoms with E-state index in [4.69, 9.17) is 0 Å². The van der Waals surface area contributed by atoms with Gasteiger partial charge in [-0.25, -0.2) is 0 Å². The first kappa shape index (κ1) is 19.1. The smallest absolute Gasteiger partial charge is 0.264 e. The van der Waals surface area contributed by atoms with Crippen LogP contribution in [0.4, 0.5) is 5.69 Å². The summed E-state index contributed by atoms with van der Waals surface area (Å²) in [4.78, 5) is 28.6. The first-order valence-corrected chi connectivity index (χ1v) is 10.4. The van der Waals surface area contributed by atoms with Gasteiger partial charge in [0.25, 0.3) is 5.91 Å². The lowest BCUT2D eigenvalue weighted by Crippen LogP contribution is -2.34. The fourth-order valence-electron chi connectivity index (χ4n) is 3.24. The highest BCUT2D eigenvalue weighted by molar-refractivity contribution is 9.10. The van der Waals surface area contributed by atoms with Crippen LogP contribution in [0.1, 0.15) is 39.0 Å². The van der Waals surface area contributed by atoms with Crippen LogP contribution in [0.5, 0.6) is 0 Å². The molecule has 4 nitrogen and oxygen atoms in total. The van der Waals surface area contributed by atoms with Gasteiger partial charge in [-0.3, -0.25) is 9.59 Å². The molecule has 0 saturated carbocycles. The first-order valence-electron chi connectivity index (χ1n) is 8.76. The average molecular weight is 435 g/mol. The molecule has 26 heavy (non-hydrogen) atoms. The van der Waals surface area contributed by atoms with Crippen LogP contribution >= 0.6 is 27.3 Å². The van der Waals surface area contributed by atoms with Crippen molar-refractivity contribution in [3.63, 3.8) is 0 Å². The van der Waals surface area contributed by atoms with Crippen LogP contribution in [0, 0.1) is 12.8 Å². The molecule has 2 amide bonds. The van der Waals surface area contributed by atoms with Crippen LogP contribution in [0.25, 0.3) is 0 Å². The number of nitrogens with zero attached hydrogens (tertiary/aromatic N) is 1. The molecule has 1 aromatic carbocycles. The number of thiophene rings is 1. The van der Waals surface area contributed by atoms with E-state index < -0.39 is 0 Å². The summed E-state index contributed by atoms with van der Waals surface area (Å²) >= 11 is 4.99. The number of benzene rings is 1. The normalized spacial score (nSPS) is 16.1. The van der Waals surface area contributed by atoms with Crippen LogP contribution in [0.2, 0.25) is 0 Å². The average Bonchev–Trinajstić information content (AvgIpc) is 2.99. The molecule has 0 bridgehead atoms. The molecule has 2 aromatic rings. The Morgan fingerprint density at radius 3 is 2.85 bits per heavy atom. The van der Waals surface area contributed by atoms with Gasteiger partial charge in [-0.05, 0) is 67.5 Å². The van der Waals surface area contributed by atoms with Gasteiger partial charge >= 0.3 is 0 Å². The molecule has 1 N–H and O–H groups in total.